The van der Waals surface area contributed by atoms with E-state index in [1.807, 2.05) is 25.1 Å². The van der Waals surface area contributed by atoms with Crippen molar-refractivity contribution in [2.75, 3.05) is 18.0 Å². The lowest BCUT2D eigenvalue weighted by atomic mass is 9.85. The molecule has 0 unspecified atom stereocenters. The Labute approximate surface area is 161 Å². The third-order valence-corrected chi connectivity index (χ3v) is 5.64. The van der Waals surface area contributed by atoms with E-state index in [-0.39, 0.29) is 11.7 Å². The third-order valence-electron chi connectivity index (χ3n) is 5.64. The molecule has 4 nitrogen and oxygen atoms in total. The van der Waals surface area contributed by atoms with Crippen molar-refractivity contribution in [3.63, 3.8) is 0 Å². The van der Waals surface area contributed by atoms with Crippen molar-refractivity contribution in [1.82, 2.24) is 9.97 Å². The maximum absolute atomic E-state index is 12.7. The molecule has 1 aromatic heterocycles. The zero-order chi connectivity index (χ0) is 18.8. The zero-order valence-corrected chi connectivity index (χ0v) is 16.2. The molecule has 0 N–H and O–H groups in total. The molecule has 4 rings (SSSR count). The third kappa shape index (κ3) is 3.95. The summed E-state index contributed by atoms with van der Waals surface area (Å²) in [4.78, 5) is 24.6. The SMILES string of the molecule is Cc1nc(N2CCC[C@@H](C)C2)nc2c1C(=O)C[C@H](/C=C/c1ccccc1)C2. The standard InChI is InChI=1S/C23H27N3O/c1-16-7-6-12-26(15-16)23-24-17(2)22-20(25-23)13-19(14-21(22)27)11-10-18-8-4-3-5-9-18/h3-5,8-11,16,19H,6-7,12-15H2,1-2H3/b11-10+/t16-,19-/m1/s1. The Morgan fingerprint density at radius 2 is 1.96 bits per heavy atom. The lowest BCUT2D eigenvalue weighted by molar-refractivity contribution is 0.0956. The number of aromatic nitrogens is 2. The maximum atomic E-state index is 12.7. The largest absolute Gasteiger partial charge is 0.341 e. The lowest BCUT2D eigenvalue weighted by Gasteiger charge is -2.32. The van der Waals surface area contributed by atoms with Crippen LogP contribution >= 0.6 is 0 Å². The summed E-state index contributed by atoms with van der Waals surface area (Å²) in [7, 11) is 0. The Morgan fingerprint density at radius 1 is 1.15 bits per heavy atom. The van der Waals surface area contributed by atoms with E-state index in [1.165, 1.54) is 12.8 Å². The van der Waals surface area contributed by atoms with Gasteiger partial charge in [0.05, 0.1) is 17.0 Å². The Kier molecular flexibility index (Phi) is 5.06. The number of piperidine rings is 1. The number of carbonyl (C=O) groups is 1. The molecular weight excluding hydrogens is 334 g/mol. The van der Waals surface area contributed by atoms with E-state index in [0.29, 0.717) is 12.3 Å². The number of nitrogens with zero attached hydrogens (tertiary/aromatic N) is 3. The number of aryl methyl sites for hydroxylation is 1. The van der Waals surface area contributed by atoms with Gasteiger partial charge in [0, 0.05) is 19.5 Å². The molecule has 0 saturated carbocycles. The first kappa shape index (κ1) is 17.9. The predicted molar refractivity (Wildman–Crippen MR) is 109 cm³/mol. The van der Waals surface area contributed by atoms with Crippen molar-refractivity contribution >= 4 is 17.8 Å². The summed E-state index contributed by atoms with van der Waals surface area (Å²) in [6, 6.07) is 10.2. The number of Topliss-reactive ketones (excluding diaryl/α,β-unsaturated/α-hetero) is 1. The highest BCUT2D eigenvalue weighted by molar-refractivity contribution is 5.99. The number of ketones is 1. The molecule has 0 radical (unpaired) electrons. The van der Waals surface area contributed by atoms with Gasteiger partial charge in [0.15, 0.2) is 5.78 Å². The maximum Gasteiger partial charge on any atom is 0.225 e. The number of anilines is 1. The lowest BCUT2D eigenvalue weighted by Crippen LogP contribution is -2.36. The Hall–Kier alpha value is -2.49. The van der Waals surface area contributed by atoms with Crippen LogP contribution in [0.1, 0.15) is 53.5 Å². The second-order valence-electron chi connectivity index (χ2n) is 7.99. The monoisotopic (exact) mass is 361 g/mol. The number of hydrogen-bond donors (Lipinski definition) is 0. The van der Waals surface area contributed by atoms with Gasteiger partial charge < -0.3 is 4.90 Å². The van der Waals surface area contributed by atoms with E-state index in [2.05, 4.69) is 41.1 Å². The minimum absolute atomic E-state index is 0.176. The van der Waals surface area contributed by atoms with Crippen LogP contribution in [-0.4, -0.2) is 28.8 Å². The van der Waals surface area contributed by atoms with Crippen molar-refractivity contribution in [3.05, 3.63) is 58.9 Å². The van der Waals surface area contributed by atoms with Crippen LogP contribution in [0.4, 0.5) is 5.95 Å². The molecule has 1 aliphatic carbocycles. The topological polar surface area (TPSA) is 46.1 Å². The summed E-state index contributed by atoms with van der Waals surface area (Å²) in [5.74, 6) is 1.85. The zero-order valence-electron chi connectivity index (χ0n) is 16.2. The molecule has 4 heteroatoms. The predicted octanol–water partition coefficient (Wildman–Crippen LogP) is 4.48. The number of fused-ring (bicyclic) bond motifs is 1. The molecule has 0 bridgehead atoms. The van der Waals surface area contributed by atoms with Crippen LogP contribution in [-0.2, 0) is 6.42 Å². The van der Waals surface area contributed by atoms with Gasteiger partial charge in [0.25, 0.3) is 0 Å². The van der Waals surface area contributed by atoms with Gasteiger partial charge >= 0.3 is 0 Å². The minimum atomic E-state index is 0.176. The van der Waals surface area contributed by atoms with Crippen molar-refractivity contribution in [1.29, 1.82) is 0 Å². The van der Waals surface area contributed by atoms with E-state index in [9.17, 15) is 4.79 Å². The molecule has 140 valence electrons. The van der Waals surface area contributed by atoms with Crippen molar-refractivity contribution in [2.24, 2.45) is 11.8 Å². The van der Waals surface area contributed by atoms with E-state index in [1.54, 1.807) is 0 Å². The molecule has 1 aliphatic heterocycles. The number of allylic oxidation sites excluding steroid dienone is 1. The normalized spacial score (nSPS) is 22.9. The minimum Gasteiger partial charge on any atom is -0.341 e. The van der Waals surface area contributed by atoms with Crippen LogP contribution in [0.25, 0.3) is 6.08 Å². The van der Waals surface area contributed by atoms with Gasteiger partial charge in [-0.15, -0.1) is 0 Å². The average molecular weight is 361 g/mol. The Balaban J connectivity index is 1.58. The van der Waals surface area contributed by atoms with Gasteiger partial charge in [-0.1, -0.05) is 49.4 Å². The molecule has 1 aromatic carbocycles. The first-order chi connectivity index (χ1) is 13.1. The summed E-state index contributed by atoms with van der Waals surface area (Å²) in [5.41, 5.74) is 3.68. The second-order valence-corrected chi connectivity index (χ2v) is 7.99. The highest BCUT2D eigenvalue weighted by Crippen LogP contribution is 2.30. The number of rotatable bonds is 3. The van der Waals surface area contributed by atoms with Gasteiger partial charge in [-0.25, -0.2) is 9.97 Å². The quantitative estimate of drug-likeness (QED) is 0.809. The molecule has 2 aromatic rings. The average Bonchev–Trinajstić information content (AvgIpc) is 2.66. The number of hydrogen-bond acceptors (Lipinski definition) is 4. The van der Waals surface area contributed by atoms with Crippen LogP contribution in [0, 0.1) is 18.8 Å². The first-order valence-electron chi connectivity index (χ1n) is 9.99. The summed E-state index contributed by atoms with van der Waals surface area (Å²) in [6.45, 7) is 6.25. The molecule has 1 fully saturated rings. The fourth-order valence-corrected chi connectivity index (χ4v) is 4.25. The molecule has 1 saturated heterocycles. The smallest absolute Gasteiger partial charge is 0.225 e. The molecule has 27 heavy (non-hydrogen) atoms. The van der Waals surface area contributed by atoms with Gasteiger partial charge in [0.2, 0.25) is 5.95 Å². The molecule has 2 aliphatic rings. The Morgan fingerprint density at radius 3 is 2.74 bits per heavy atom. The van der Waals surface area contributed by atoms with Crippen LogP contribution in [0.15, 0.2) is 36.4 Å². The summed E-state index contributed by atoms with van der Waals surface area (Å²) in [6.07, 6.45) is 8.08. The summed E-state index contributed by atoms with van der Waals surface area (Å²) in [5, 5.41) is 0. The summed E-state index contributed by atoms with van der Waals surface area (Å²) >= 11 is 0. The van der Waals surface area contributed by atoms with Crippen molar-refractivity contribution in [2.45, 2.75) is 39.5 Å². The van der Waals surface area contributed by atoms with Crippen LogP contribution in [0.3, 0.4) is 0 Å². The van der Waals surface area contributed by atoms with Gasteiger partial charge in [-0.3, -0.25) is 4.79 Å². The second kappa shape index (κ2) is 7.63. The van der Waals surface area contributed by atoms with E-state index < -0.39 is 0 Å². The highest BCUT2D eigenvalue weighted by Gasteiger charge is 2.29. The van der Waals surface area contributed by atoms with Gasteiger partial charge in [0.1, 0.15) is 0 Å². The first-order valence-corrected chi connectivity index (χ1v) is 9.99. The Bertz CT molecular complexity index is 859. The van der Waals surface area contributed by atoms with Crippen molar-refractivity contribution < 1.29 is 4.79 Å². The van der Waals surface area contributed by atoms with Crippen LogP contribution < -0.4 is 4.90 Å². The van der Waals surface area contributed by atoms with Crippen molar-refractivity contribution in [3.8, 4) is 0 Å². The molecule has 0 amide bonds. The van der Waals surface area contributed by atoms with Crippen LogP contribution in [0.5, 0.6) is 0 Å². The number of benzene rings is 1. The molecule has 0 spiro atoms. The summed E-state index contributed by atoms with van der Waals surface area (Å²) < 4.78 is 0. The van der Waals surface area contributed by atoms with Gasteiger partial charge in [-0.2, -0.15) is 0 Å². The van der Waals surface area contributed by atoms with Crippen LogP contribution in [0.2, 0.25) is 0 Å². The fourth-order valence-electron chi connectivity index (χ4n) is 4.25. The van der Waals surface area contributed by atoms with E-state index >= 15 is 0 Å². The van der Waals surface area contributed by atoms with E-state index in [4.69, 9.17) is 4.98 Å². The molecule has 2 heterocycles. The molecular formula is C23H27N3O. The highest BCUT2D eigenvalue weighted by atomic mass is 16.1. The fraction of sp³-hybridized carbons (Fsp3) is 0.435. The van der Waals surface area contributed by atoms with Gasteiger partial charge in [-0.05, 0) is 43.6 Å². The van der Waals surface area contributed by atoms with E-state index in [0.717, 1.165) is 48.0 Å². The molecule has 2 atom stereocenters. The number of carbonyl (C=O) groups excluding carboxylic acids is 1.